The lowest BCUT2D eigenvalue weighted by molar-refractivity contribution is 0.180. The molecule has 0 aromatic carbocycles. The molecule has 1 saturated carbocycles. The van der Waals surface area contributed by atoms with Crippen molar-refractivity contribution in [1.82, 2.24) is 9.21 Å². The van der Waals surface area contributed by atoms with Gasteiger partial charge in [0.25, 0.3) is 10.0 Å². The molecule has 2 fully saturated rings. The fraction of sp³-hybridized carbons (Fsp3) is 0.692. The Balaban J connectivity index is 1.63. The van der Waals surface area contributed by atoms with E-state index >= 15 is 0 Å². The van der Waals surface area contributed by atoms with Gasteiger partial charge in [-0.05, 0) is 30.9 Å². The zero-order chi connectivity index (χ0) is 14.2. The molecule has 0 spiro atoms. The van der Waals surface area contributed by atoms with Crippen molar-refractivity contribution in [3.8, 4) is 0 Å². The van der Waals surface area contributed by atoms with Crippen LogP contribution in [0.25, 0.3) is 0 Å². The molecule has 3 rings (SSSR count). The van der Waals surface area contributed by atoms with Crippen molar-refractivity contribution in [3.63, 3.8) is 0 Å². The predicted molar refractivity (Wildman–Crippen MR) is 76.2 cm³/mol. The normalized spacial score (nSPS) is 22.2. The predicted octanol–water partition coefficient (Wildman–Crippen LogP) is 1.73. The molecule has 0 radical (unpaired) electrons. The molecule has 1 aromatic heterocycles. The summed E-state index contributed by atoms with van der Waals surface area (Å²) in [6.07, 6.45) is 2.65. The highest BCUT2D eigenvalue weighted by Crippen LogP contribution is 2.30. The van der Waals surface area contributed by atoms with Crippen LogP contribution in [-0.4, -0.2) is 50.3 Å². The highest BCUT2D eigenvalue weighted by atomic mass is 35.5. The van der Waals surface area contributed by atoms with Gasteiger partial charge in [0.15, 0.2) is 0 Å². The Morgan fingerprint density at radius 1 is 1.20 bits per heavy atom. The van der Waals surface area contributed by atoms with E-state index < -0.39 is 10.0 Å². The van der Waals surface area contributed by atoms with E-state index in [0.717, 1.165) is 25.6 Å². The second-order valence-corrected chi connectivity index (χ2v) is 7.64. The van der Waals surface area contributed by atoms with Crippen LogP contribution in [0.1, 0.15) is 18.6 Å². The Kier molecular flexibility index (Phi) is 4.08. The summed E-state index contributed by atoms with van der Waals surface area (Å²) in [6.45, 7) is 3.79. The van der Waals surface area contributed by atoms with E-state index in [4.69, 9.17) is 16.0 Å². The molecule has 0 atom stereocenters. The van der Waals surface area contributed by atoms with Crippen molar-refractivity contribution < 1.29 is 12.8 Å². The van der Waals surface area contributed by atoms with Crippen LogP contribution in [0.2, 0.25) is 0 Å². The fourth-order valence-electron chi connectivity index (χ4n) is 2.51. The number of furan rings is 1. The lowest BCUT2D eigenvalue weighted by Gasteiger charge is -2.33. The Bertz CT molecular complexity index is 560. The fourth-order valence-corrected chi connectivity index (χ4v) is 4.01. The zero-order valence-corrected chi connectivity index (χ0v) is 12.9. The van der Waals surface area contributed by atoms with E-state index in [2.05, 4.69) is 4.90 Å². The molecule has 20 heavy (non-hydrogen) atoms. The quantitative estimate of drug-likeness (QED) is 0.776. The number of hydrogen-bond acceptors (Lipinski definition) is 4. The first-order valence-electron chi connectivity index (χ1n) is 6.97. The first-order chi connectivity index (χ1) is 9.59. The highest BCUT2D eigenvalue weighted by molar-refractivity contribution is 7.89. The minimum Gasteiger partial charge on any atom is -0.447 e. The Morgan fingerprint density at radius 3 is 2.45 bits per heavy atom. The van der Waals surface area contributed by atoms with Crippen molar-refractivity contribution >= 4 is 21.6 Å². The van der Waals surface area contributed by atoms with E-state index in [1.54, 1.807) is 6.07 Å². The zero-order valence-electron chi connectivity index (χ0n) is 11.3. The molecule has 0 N–H and O–H groups in total. The van der Waals surface area contributed by atoms with E-state index in [9.17, 15) is 8.42 Å². The van der Waals surface area contributed by atoms with Gasteiger partial charge in [0, 0.05) is 32.7 Å². The van der Waals surface area contributed by atoms with Gasteiger partial charge in [0.05, 0.1) is 5.88 Å². The third-order valence-corrected chi connectivity index (χ3v) is 5.94. The molecule has 0 bridgehead atoms. The van der Waals surface area contributed by atoms with Crippen molar-refractivity contribution in [2.45, 2.75) is 23.8 Å². The van der Waals surface area contributed by atoms with Gasteiger partial charge in [0.2, 0.25) is 5.09 Å². The van der Waals surface area contributed by atoms with Gasteiger partial charge in [0.1, 0.15) is 5.76 Å². The minimum atomic E-state index is -3.51. The Hall–Kier alpha value is -0.560. The molecule has 1 aromatic rings. The van der Waals surface area contributed by atoms with Crippen LogP contribution in [0.4, 0.5) is 0 Å². The maximum absolute atomic E-state index is 12.4. The van der Waals surface area contributed by atoms with Gasteiger partial charge in [-0.3, -0.25) is 0 Å². The Labute approximate surface area is 124 Å². The molecule has 112 valence electrons. The standard InChI is InChI=1S/C13H19ClN2O3S/c14-9-12-3-4-13(19-12)20(17,18)16-7-5-15(6-8-16)10-11-1-2-11/h3-4,11H,1-2,5-10H2. The van der Waals surface area contributed by atoms with Crippen LogP contribution < -0.4 is 0 Å². The number of hydrogen-bond donors (Lipinski definition) is 0. The summed E-state index contributed by atoms with van der Waals surface area (Å²) in [5, 5.41) is 0.00351. The molecular weight excluding hydrogens is 300 g/mol. The Morgan fingerprint density at radius 2 is 1.90 bits per heavy atom. The van der Waals surface area contributed by atoms with Crippen LogP contribution >= 0.6 is 11.6 Å². The molecule has 0 amide bonds. The summed E-state index contributed by atoms with van der Waals surface area (Å²) < 4.78 is 31.6. The second-order valence-electron chi connectivity index (χ2n) is 5.50. The van der Waals surface area contributed by atoms with Crippen LogP contribution in [0, 0.1) is 5.92 Å². The number of nitrogens with zero attached hydrogens (tertiary/aromatic N) is 2. The molecule has 0 unspecified atom stereocenters. The number of halogens is 1. The smallest absolute Gasteiger partial charge is 0.276 e. The lowest BCUT2D eigenvalue weighted by Crippen LogP contribution is -2.48. The van der Waals surface area contributed by atoms with E-state index in [1.165, 1.54) is 23.2 Å². The third-order valence-electron chi connectivity index (χ3n) is 3.91. The van der Waals surface area contributed by atoms with Gasteiger partial charge in [-0.25, -0.2) is 8.42 Å². The first kappa shape index (κ1) is 14.4. The average molecular weight is 319 g/mol. The summed E-state index contributed by atoms with van der Waals surface area (Å²) in [5.74, 6) is 1.51. The van der Waals surface area contributed by atoms with Gasteiger partial charge >= 0.3 is 0 Å². The maximum Gasteiger partial charge on any atom is 0.276 e. The topological polar surface area (TPSA) is 53.8 Å². The third kappa shape index (κ3) is 3.03. The van der Waals surface area contributed by atoms with Gasteiger partial charge < -0.3 is 9.32 Å². The molecule has 2 heterocycles. The van der Waals surface area contributed by atoms with E-state index in [0.29, 0.717) is 18.8 Å². The van der Waals surface area contributed by atoms with Crippen molar-refractivity contribution in [2.24, 2.45) is 5.92 Å². The summed E-state index contributed by atoms with van der Waals surface area (Å²) >= 11 is 5.64. The van der Waals surface area contributed by atoms with Crippen LogP contribution in [0.5, 0.6) is 0 Å². The van der Waals surface area contributed by atoms with Crippen molar-refractivity contribution in [2.75, 3.05) is 32.7 Å². The summed E-state index contributed by atoms with van der Waals surface area (Å²) in [7, 11) is -3.51. The summed E-state index contributed by atoms with van der Waals surface area (Å²) in [6, 6.07) is 3.10. The highest BCUT2D eigenvalue weighted by Gasteiger charge is 2.32. The molecule has 1 saturated heterocycles. The number of piperazine rings is 1. The molecule has 7 heteroatoms. The minimum absolute atomic E-state index is 0.00351. The molecule has 5 nitrogen and oxygen atoms in total. The SMILES string of the molecule is O=S(=O)(c1ccc(CCl)o1)N1CCN(CC2CC2)CC1. The molecular formula is C13H19ClN2O3S. The van der Waals surface area contributed by atoms with Crippen molar-refractivity contribution in [3.05, 3.63) is 17.9 Å². The second kappa shape index (κ2) is 5.67. The van der Waals surface area contributed by atoms with E-state index in [1.807, 2.05) is 0 Å². The molecule has 1 aliphatic carbocycles. The van der Waals surface area contributed by atoms with Gasteiger partial charge in [-0.1, -0.05) is 0 Å². The van der Waals surface area contributed by atoms with Gasteiger partial charge in [-0.2, -0.15) is 4.31 Å². The average Bonchev–Trinajstić information content (AvgIpc) is 3.12. The van der Waals surface area contributed by atoms with Crippen LogP contribution in [-0.2, 0) is 15.9 Å². The summed E-state index contributed by atoms with van der Waals surface area (Å²) in [4.78, 5) is 2.36. The van der Waals surface area contributed by atoms with Crippen LogP contribution in [0.3, 0.4) is 0 Å². The number of alkyl halides is 1. The van der Waals surface area contributed by atoms with Crippen LogP contribution in [0.15, 0.2) is 21.6 Å². The lowest BCUT2D eigenvalue weighted by atomic mass is 10.3. The maximum atomic E-state index is 12.4. The first-order valence-corrected chi connectivity index (χ1v) is 8.94. The largest absolute Gasteiger partial charge is 0.447 e. The van der Waals surface area contributed by atoms with Crippen molar-refractivity contribution in [1.29, 1.82) is 0 Å². The monoisotopic (exact) mass is 318 g/mol. The molecule has 1 aliphatic heterocycles. The van der Waals surface area contributed by atoms with Gasteiger partial charge in [-0.15, -0.1) is 11.6 Å². The summed E-state index contributed by atoms with van der Waals surface area (Å²) in [5.41, 5.74) is 0. The molecule has 2 aliphatic rings. The van der Waals surface area contributed by atoms with E-state index in [-0.39, 0.29) is 11.0 Å². The number of rotatable bonds is 5. The number of sulfonamides is 1.